The number of halogens is 1. The van der Waals surface area contributed by atoms with Gasteiger partial charge in [-0.05, 0) is 19.3 Å². The van der Waals surface area contributed by atoms with Gasteiger partial charge in [0.1, 0.15) is 0 Å². The van der Waals surface area contributed by atoms with Crippen LogP contribution in [0.5, 0.6) is 5.75 Å². The molecule has 0 bridgehead atoms. The molecule has 84 valence electrons. The van der Waals surface area contributed by atoms with E-state index >= 15 is 0 Å². The highest BCUT2D eigenvalue weighted by Gasteiger charge is 2.26. The zero-order valence-electron chi connectivity index (χ0n) is 9.24. The number of nitrogens with zero attached hydrogens (tertiary/aromatic N) is 2. The van der Waals surface area contributed by atoms with Crippen molar-refractivity contribution in [1.29, 1.82) is 0 Å². The summed E-state index contributed by atoms with van der Waals surface area (Å²) in [7, 11) is 3.66. The Balaban J connectivity index is 2.23. The van der Waals surface area contributed by atoms with Crippen molar-refractivity contribution in [2.75, 3.05) is 7.11 Å². The average molecular weight is 229 g/mol. The van der Waals surface area contributed by atoms with E-state index in [1.165, 1.54) is 18.5 Å². The Morgan fingerprint density at radius 3 is 3.00 bits per heavy atom. The lowest BCUT2D eigenvalue weighted by Gasteiger charge is -2.26. The second-order valence-corrected chi connectivity index (χ2v) is 4.80. The summed E-state index contributed by atoms with van der Waals surface area (Å²) in [6.45, 7) is 0. The Kier molecular flexibility index (Phi) is 3.19. The second kappa shape index (κ2) is 4.44. The van der Waals surface area contributed by atoms with Crippen LogP contribution in [0.25, 0.3) is 0 Å². The number of hydrogen-bond acceptors (Lipinski definition) is 2. The summed E-state index contributed by atoms with van der Waals surface area (Å²) >= 11 is 6.21. The van der Waals surface area contributed by atoms with Gasteiger partial charge in [0.25, 0.3) is 0 Å². The topological polar surface area (TPSA) is 27.1 Å². The minimum Gasteiger partial charge on any atom is -0.493 e. The first kappa shape index (κ1) is 10.8. The summed E-state index contributed by atoms with van der Waals surface area (Å²) in [5.41, 5.74) is 1.20. The van der Waals surface area contributed by atoms with E-state index in [4.69, 9.17) is 16.3 Å². The standard InChI is InChI=1S/C11H17ClN2O/c1-14-11(10(15-2)7-13-14)8-4-3-5-9(12)6-8/h7-9H,3-6H2,1-2H3. The number of aromatic nitrogens is 2. The van der Waals surface area contributed by atoms with Gasteiger partial charge in [-0.2, -0.15) is 5.10 Å². The molecule has 1 aliphatic rings. The molecule has 1 heterocycles. The molecule has 2 unspecified atom stereocenters. The van der Waals surface area contributed by atoms with E-state index in [9.17, 15) is 0 Å². The van der Waals surface area contributed by atoms with Crippen molar-refractivity contribution in [3.63, 3.8) is 0 Å². The SMILES string of the molecule is COc1cnn(C)c1C1CCCC(Cl)C1. The molecule has 0 saturated heterocycles. The number of ether oxygens (including phenoxy) is 1. The molecule has 0 aromatic carbocycles. The summed E-state index contributed by atoms with van der Waals surface area (Å²) in [6.07, 6.45) is 6.36. The predicted octanol–water partition coefficient (Wildman–Crippen LogP) is 2.69. The lowest BCUT2D eigenvalue weighted by molar-refractivity contribution is 0.380. The molecule has 2 rings (SSSR count). The fraction of sp³-hybridized carbons (Fsp3) is 0.727. The molecule has 1 aromatic heterocycles. The van der Waals surface area contributed by atoms with Crippen molar-refractivity contribution in [1.82, 2.24) is 9.78 Å². The highest BCUT2D eigenvalue weighted by Crippen LogP contribution is 2.38. The lowest BCUT2D eigenvalue weighted by Crippen LogP contribution is -2.17. The van der Waals surface area contributed by atoms with Gasteiger partial charge in [0, 0.05) is 18.3 Å². The van der Waals surface area contributed by atoms with Crippen molar-refractivity contribution in [3.05, 3.63) is 11.9 Å². The van der Waals surface area contributed by atoms with Gasteiger partial charge in [-0.1, -0.05) is 6.42 Å². The largest absolute Gasteiger partial charge is 0.493 e. The number of rotatable bonds is 2. The van der Waals surface area contributed by atoms with Crippen molar-refractivity contribution in [2.24, 2.45) is 7.05 Å². The van der Waals surface area contributed by atoms with Crippen molar-refractivity contribution in [2.45, 2.75) is 37.0 Å². The predicted molar refractivity (Wildman–Crippen MR) is 60.6 cm³/mol. The van der Waals surface area contributed by atoms with Crippen LogP contribution in [0, 0.1) is 0 Å². The number of methoxy groups -OCH3 is 1. The highest BCUT2D eigenvalue weighted by molar-refractivity contribution is 6.20. The third-order valence-electron chi connectivity index (χ3n) is 3.17. The summed E-state index contributed by atoms with van der Waals surface area (Å²) in [5.74, 6) is 1.40. The van der Waals surface area contributed by atoms with Crippen LogP contribution in [-0.2, 0) is 7.05 Å². The van der Waals surface area contributed by atoms with Crippen molar-refractivity contribution in [3.8, 4) is 5.75 Å². The molecule has 1 aliphatic carbocycles. The molecular weight excluding hydrogens is 212 g/mol. The summed E-state index contributed by atoms with van der Waals surface area (Å²) in [4.78, 5) is 0. The van der Waals surface area contributed by atoms with E-state index in [1.54, 1.807) is 13.3 Å². The maximum Gasteiger partial charge on any atom is 0.160 e. The Morgan fingerprint density at radius 2 is 2.33 bits per heavy atom. The minimum absolute atomic E-state index is 0.309. The molecule has 0 amide bonds. The second-order valence-electron chi connectivity index (χ2n) is 4.18. The normalized spacial score (nSPS) is 26.6. The van der Waals surface area contributed by atoms with E-state index in [1.807, 2.05) is 11.7 Å². The Bertz CT molecular complexity index is 337. The molecule has 0 aliphatic heterocycles. The van der Waals surface area contributed by atoms with Gasteiger partial charge in [0.2, 0.25) is 0 Å². The molecule has 1 fully saturated rings. The zero-order valence-corrected chi connectivity index (χ0v) is 10.00. The summed E-state index contributed by atoms with van der Waals surface area (Å²) in [5, 5.41) is 4.54. The molecule has 1 aromatic rings. The van der Waals surface area contributed by atoms with Gasteiger partial charge in [-0.25, -0.2) is 0 Å². The van der Waals surface area contributed by atoms with Crippen LogP contribution in [0.15, 0.2) is 6.20 Å². The molecule has 4 heteroatoms. The van der Waals surface area contributed by atoms with E-state index < -0.39 is 0 Å². The molecule has 15 heavy (non-hydrogen) atoms. The lowest BCUT2D eigenvalue weighted by atomic mass is 9.86. The van der Waals surface area contributed by atoms with Crippen LogP contribution in [0.4, 0.5) is 0 Å². The van der Waals surface area contributed by atoms with Gasteiger partial charge >= 0.3 is 0 Å². The third-order valence-corrected chi connectivity index (χ3v) is 3.56. The van der Waals surface area contributed by atoms with Crippen molar-refractivity contribution < 1.29 is 4.74 Å². The van der Waals surface area contributed by atoms with Crippen LogP contribution in [-0.4, -0.2) is 22.3 Å². The van der Waals surface area contributed by atoms with Gasteiger partial charge in [0.15, 0.2) is 5.75 Å². The first-order valence-corrected chi connectivity index (χ1v) is 5.86. The van der Waals surface area contributed by atoms with E-state index in [-0.39, 0.29) is 0 Å². The first-order chi connectivity index (χ1) is 7.22. The van der Waals surface area contributed by atoms with E-state index in [0.29, 0.717) is 11.3 Å². The maximum absolute atomic E-state index is 6.21. The van der Waals surface area contributed by atoms with E-state index in [2.05, 4.69) is 5.10 Å². The number of aryl methyl sites for hydroxylation is 1. The van der Waals surface area contributed by atoms with Gasteiger partial charge in [0.05, 0.1) is 19.0 Å². The third kappa shape index (κ3) is 2.12. The van der Waals surface area contributed by atoms with Crippen LogP contribution < -0.4 is 4.74 Å². The smallest absolute Gasteiger partial charge is 0.160 e. The van der Waals surface area contributed by atoms with Gasteiger partial charge in [-0.3, -0.25) is 4.68 Å². The molecule has 0 radical (unpaired) electrons. The maximum atomic E-state index is 6.21. The zero-order chi connectivity index (χ0) is 10.8. The molecular formula is C11H17ClN2O. The Hall–Kier alpha value is -0.700. The van der Waals surface area contributed by atoms with Crippen molar-refractivity contribution >= 4 is 11.6 Å². The fourth-order valence-electron chi connectivity index (χ4n) is 2.43. The Labute approximate surface area is 95.4 Å². The molecule has 2 atom stereocenters. The quantitative estimate of drug-likeness (QED) is 0.728. The van der Waals surface area contributed by atoms with Crippen LogP contribution >= 0.6 is 11.6 Å². The number of hydrogen-bond donors (Lipinski definition) is 0. The monoisotopic (exact) mass is 228 g/mol. The van der Waals surface area contributed by atoms with Crippen LogP contribution in [0.3, 0.4) is 0 Å². The highest BCUT2D eigenvalue weighted by atomic mass is 35.5. The first-order valence-electron chi connectivity index (χ1n) is 5.42. The van der Waals surface area contributed by atoms with Crippen LogP contribution in [0.1, 0.15) is 37.3 Å². The molecule has 1 saturated carbocycles. The minimum atomic E-state index is 0.309. The molecule has 0 N–H and O–H groups in total. The number of alkyl halides is 1. The summed E-state index contributed by atoms with van der Waals surface area (Å²) in [6, 6.07) is 0. The Morgan fingerprint density at radius 1 is 1.53 bits per heavy atom. The average Bonchev–Trinajstić information content (AvgIpc) is 2.59. The van der Waals surface area contributed by atoms with Gasteiger partial charge < -0.3 is 4.74 Å². The van der Waals surface area contributed by atoms with E-state index in [0.717, 1.165) is 18.6 Å². The van der Waals surface area contributed by atoms with Gasteiger partial charge in [-0.15, -0.1) is 11.6 Å². The summed E-state index contributed by atoms with van der Waals surface area (Å²) < 4.78 is 7.24. The molecule has 0 spiro atoms. The van der Waals surface area contributed by atoms with Crippen LogP contribution in [0.2, 0.25) is 0 Å². The molecule has 3 nitrogen and oxygen atoms in total. The fourth-order valence-corrected chi connectivity index (χ4v) is 2.80.